The van der Waals surface area contributed by atoms with Crippen molar-refractivity contribution in [2.45, 2.75) is 31.8 Å². The Bertz CT molecular complexity index is 605. The first-order valence-corrected chi connectivity index (χ1v) is 9.19. The van der Waals surface area contributed by atoms with Gasteiger partial charge in [0.2, 0.25) is 10.0 Å². The summed E-state index contributed by atoms with van der Waals surface area (Å²) in [6.45, 7) is 2.64. The smallest absolute Gasteiger partial charge is 0.213 e. The van der Waals surface area contributed by atoms with Crippen LogP contribution in [0.1, 0.15) is 31.7 Å². The standard InChI is InChI=1S/C15H22N2O3S/c1-2-21(19,20)17-10-12-5-3-7-15(18,14(12)11-17)13-6-4-8-16-9-13/h4,6,8-9,12,14,18H,2-3,5,7,10-11H2,1H3. The van der Waals surface area contributed by atoms with Gasteiger partial charge in [0, 0.05) is 37.0 Å². The summed E-state index contributed by atoms with van der Waals surface area (Å²) in [5.74, 6) is 0.333. The molecular weight excluding hydrogens is 288 g/mol. The van der Waals surface area contributed by atoms with Crippen molar-refractivity contribution in [1.29, 1.82) is 0 Å². The molecule has 2 aliphatic rings. The molecule has 0 bridgehead atoms. The van der Waals surface area contributed by atoms with Crippen molar-refractivity contribution in [3.05, 3.63) is 30.1 Å². The fraction of sp³-hybridized carbons (Fsp3) is 0.667. The predicted molar refractivity (Wildman–Crippen MR) is 80.0 cm³/mol. The highest BCUT2D eigenvalue weighted by Crippen LogP contribution is 2.48. The zero-order valence-corrected chi connectivity index (χ0v) is 13.1. The molecule has 6 heteroatoms. The molecule has 1 saturated carbocycles. The van der Waals surface area contributed by atoms with Crippen LogP contribution in [0.3, 0.4) is 0 Å². The Morgan fingerprint density at radius 1 is 1.48 bits per heavy atom. The summed E-state index contributed by atoms with van der Waals surface area (Å²) in [6, 6.07) is 3.72. The number of sulfonamides is 1. The number of pyridine rings is 1. The van der Waals surface area contributed by atoms with Crippen molar-refractivity contribution >= 4 is 10.0 Å². The second-order valence-corrected chi connectivity index (χ2v) is 8.40. The van der Waals surface area contributed by atoms with Crippen LogP contribution in [0, 0.1) is 11.8 Å². The normalized spacial score (nSPS) is 33.8. The highest BCUT2D eigenvalue weighted by Gasteiger charge is 2.51. The molecule has 1 saturated heterocycles. The first-order valence-electron chi connectivity index (χ1n) is 7.58. The number of rotatable bonds is 3. The minimum Gasteiger partial charge on any atom is -0.385 e. The molecule has 116 valence electrons. The van der Waals surface area contributed by atoms with Gasteiger partial charge in [-0.25, -0.2) is 12.7 Å². The molecule has 1 N–H and O–H groups in total. The summed E-state index contributed by atoms with van der Waals surface area (Å²) < 4.78 is 25.8. The van der Waals surface area contributed by atoms with Gasteiger partial charge in [0.25, 0.3) is 0 Å². The van der Waals surface area contributed by atoms with E-state index in [1.54, 1.807) is 23.6 Å². The lowest BCUT2D eigenvalue weighted by Crippen LogP contribution is -2.43. The maximum Gasteiger partial charge on any atom is 0.213 e. The molecule has 1 aliphatic heterocycles. The molecule has 3 rings (SSSR count). The number of nitrogens with zero attached hydrogens (tertiary/aromatic N) is 2. The van der Waals surface area contributed by atoms with E-state index >= 15 is 0 Å². The summed E-state index contributed by atoms with van der Waals surface area (Å²) in [5.41, 5.74) is -0.134. The Morgan fingerprint density at radius 2 is 2.29 bits per heavy atom. The van der Waals surface area contributed by atoms with E-state index in [9.17, 15) is 13.5 Å². The quantitative estimate of drug-likeness (QED) is 0.915. The lowest BCUT2D eigenvalue weighted by Gasteiger charge is -2.41. The largest absolute Gasteiger partial charge is 0.385 e. The summed E-state index contributed by atoms with van der Waals surface area (Å²) in [4.78, 5) is 4.11. The average Bonchev–Trinajstić information content (AvgIpc) is 2.95. The first kappa shape index (κ1) is 14.9. The van der Waals surface area contributed by atoms with E-state index in [1.165, 1.54) is 0 Å². The van der Waals surface area contributed by atoms with E-state index < -0.39 is 15.6 Å². The van der Waals surface area contributed by atoms with Crippen molar-refractivity contribution in [3.63, 3.8) is 0 Å². The summed E-state index contributed by atoms with van der Waals surface area (Å²) in [5, 5.41) is 11.2. The lowest BCUT2D eigenvalue weighted by molar-refractivity contribution is -0.0643. The van der Waals surface area contributed by atoms with Crippen LogP contribution in [0.15, 0.2) is 24.5 Å². The molecule has 3 unspecified atom stereocenters. The zero-order chi connectivity index (χ0) is 15.1. The van der Waals surface area contributed by atoms with E-state index in [-0.39, 0.29) is 17.6 Å². The number of fused-ring (bicyclic) bond motifs is 1. The van der Waals surface area contributed by atoms with E-state index in [2.05, 4.69) is 4.98 Å². The van der Waals surface area contributed by atoms with Crippen molar-refractivity contribution in [1.82, 2.24) is 9.29 Å². The second kappa shape index (κ2) is 5.34. The molecule has 0 aromatic carbocycles. The molecule has 0 spiro atoms. The molecule has 5 nitrogen and oxygen atoms in total. The van der Waals surface area contributed by atoms with Gasteiger partial charge in [0.15, 0.2) is 0 Å². The molecule has 1 aliphatic carbocycles. The number of aliphatic hydroxyl groups is 1. The van der Waals surface area contributed by atoms with Gasteiger partial charge in [0.1, 0.15) is 0 Å². The lowest BCUT2D eigenvalue weighted by atomic mass is 9.68. The van der Waals surface area contributed by atoms with Crippen LogP contribution in [0.25, 0.3) is 0 Å². The fourth-order valence-electron chi connectivity index (χ4n) is 3.87. The molecule has 21 heavy (non-hydrogen) atoms. The third kappa shape index (κ3) is 2.49. The molecule has 0 radical (unpaired) electrons. The third-order valence-corrected chi connectivity index (χ3v) is 6.89. The van der Waals surface area contributed by atoms with E-state index in [0.29, 0.717) is 19.5 Å². The molecule has 3 atom stereocenters. The maximum atomic E-state index is 12.1. The molecule has 2 fully saturated rings. The fourth-order valence-corrected chi connectivity index (χ4v) is 5.04. The summed E-state index contributed by atoms with van der Waals surface area (Å²) in [6.07, 6.45) is 5.99. The van der Waals surface area contributed by atoms with Crippen LogP contribution in [0.4, 0.5) is 0 Å². The molecular formula is C15H22N2O3S. The molecule has 1 aromatic rings. The SMILES string of the molecule is CCS(=O)(=O)N1CC2CCCC(O)(c3cccnc3)C2C1. The third-order valence-electron chi connectivity index (χ3n) is 5.07. The average molecular weight is 310 g/mol. The van der Waals surface area contributed by atoms with Crippen molar-refractivity contribution in [2.24, 2.45) is 11.8 Å². The Morgan fingerprint density at radius 3 is 2.95 bits per heavy atom. The minimum absolute atomic E-state index is 0.0308. The van der Waals surface area contributed by atoms with Crippen LogP contribution in [0.5, 0.6) is 0 Å². The van der Waals surface area contributed by atoms with Crippen LogP contribution in [-0.4, -0.2) is 41.7 Å². The van der Waals surface area contributed by atoms with Crippen LogP contribution in [-0.2, 0) is 15.6 Å². The van der Waals surface area contributed by atoms with E-state index in [1.807, 2.05) is 12.1 Å². The predicted octanol–water partition coefficient (Wildman–Crippen LogP) is 1.35. The first-order chi connectivity index (χ1) is 9.97. The van der Waals surface area contributed by atoms with Crippen LogP contribution in [0.2, 0.25) is 0 Å². The van der Waals surface area contributed by atoms with Crippen LogP contribution >= 0.6 is 0 Å². The Balaban J connectivity index is 1.92. The van der Waals surface area contributed by atoms with Gasteiger partial charge >= 0.3 is 0 Å². The molecule has 0 amide bonds. The van der Waals surface area contributed by atoms with Gasteiger partial charge in [-0.1, -0.05) is 6.07 Å². The molecule has 1 aromatic heterocycles. The van der Waals surface area contributed by atoms with Crippen molar-refractivity contribution in [3.8, 4) is 0 Å². The van der Waals surface area contributed by atoms with Gasteiger partial charge in [-0.05, 0) is 38.2 Å². The van der Waals surface area contributed by atoms with E-state index in [4.69, 9.17) is 0 Å². The van der Waals surface area contributed by atoms with Gasteiger partial charge < -0.3 is 5.11 Å². The van der Waals surface area contributed by atoms with E-state index in [0.717, 1.165) is 18.4 Å². The summed E-state index contributed by atoms with van der Waals surface area (Å²) >= 11 is 0. The van der Waals surface area contributed by atoms with Crippen LogP contribution < -0.4 is 0 Å². The summed E-state index contributed by atoms with van der Waals surface area (Å²) in [7, 11) is -3.18. The highest BCUT2D eigenvalue weighted by atomic mass is 32.2. The second-order valence-electron chi connectivity index (χ2n) is 6.14. The number of aromatic nitrogens is 1. The maximum absolute atomic E-state index is 12.1. The zero-order valence-electron chi connectivity index (χ0n) is 12.3. The van der Waals surface area contributed by atoms with Gasteiger partial charge in [0.05, 0.1) is 11.4 Å². The van der Waals surface area contributed by atoms with Gasteiger partial charge in [-0.2, -0.15) is 0 Å². The highest BCUT2D eigenvalue weighted by molar-refractivity contribution is 7.89. The number of hydrogen-bond acceptors (Lipinski definition) is 4. The minimum atomic E-state index is -3.18. The Hall–Kier alpha value is -0.980. The van der Waals surface area contributed by atoms with Crippen molar-refractivity contribution in [2.75, 3.05) is 18.8 Å². The van der Waals surface area contributed by atoms with Crippen molar-refractivity contribution < 1.29 is 13.5 Å². The Labute approximate surface area is 126 Å². The Kier molecular flexibility index (Phi) is 3.80. The molecule has 2 heterocycles. The van der Waals surface area contributed by atoms with Gasteiger partial charge in [-0.15, -0.1) is 0 Å². The van der Waals surface area contributed by atoms with Gasteiger partial charge in [-0.3, -0.25) is 4.98 Å². The number of hydrogen-bond donors (Lipinski definition) is 1. The topological polar surface area (TPSA) is 70.5 Å². The monoisotopic (exact) mass is 310 g/mol.